The van der Waals surface area contributed by atoms with Crippen LogP contribution in [0.4, 0.5) is 0 Å². The lowest BCUT2D eigenvalue weighted by Gasteiger charge is -2.30. The number of amides is 1. The van der Waals surface area contributed by atoms with Crippen molar-refractivity contribution in [3.63, 3.8) is 0 Å². The van der Waals surface area contributed by atoms with Crippen molar-refractivity contribution < 1.29 is 23.8 Å². The lowest BCUT2D eigenvalue weighted by Crippen LogP contribution is -2.43. The van der Waals surface area contributed by atoms with Crippen LogP contribution in [0, 0.1) is 17.2 Å². The first kappa shape index (κ1) is 20.2. The van der Waals surface area contributed by atoms with Crippen molar-refractivity contribution in [3.05, 3.63) is 54.1 Å². The predicted molar refractivity (Wildman–Crippen MR) is 105 cm³/mol. The number of hydrogen-bond acceptors (Lipinski definition) is 6. The van der Waals surface area contributed by atoms with Gasteiger partial charge in [0.05, 0.1) is 24.7 Å². The molecule has 0 unspecified atom stereocenters. The Kier molecular flexibility index (Phi) is 6.69. The van der Waals surface area contributed by atoms with Crippen molar-refractivity contribution in [2.75, 3.05) is 26.8 Å². The van der Waals surface area contributed by atoms with Crippen LogP contribution in [0.15, 0.2) is 48.5 Å². The molecule has 2 aromatic rings. The Bertz CT molecular complexity index is 899. The molecule has 0 N–H and O–H groups in total. The Balaban J connectivity index is 1.49. The number of nitriles is 1. The molecule has 0 spiro atoms. The number of carbonyl (C=O) groups excluding carboxylic acids is 2. The summed E-state index contributed by atoms with van der Waals surface area (Å²) in [5.41, 5.74) is 0.422. The minimum atomic E-state index is -0.361. The van der Waals surface area contributed by atoms with E-state index in [1.165, 1.54) is 13.2 Å². The molecule has 0 aromatic heterocycles. The SMILES string of the molecule is COc1cc(C#N)ccc1OC(=O)C1CCN(C(=O)COc2ccccc2)CC1. The summed E-state index contributed by atoms with van der Waals surface area (Å²) in [4.78, 5) is 26.5. The number of carbonyl (C=O) groups is 2. The van der Waals surface area contributed by atoms with Crippen LogP contribution in [0.2, 0.25) is 0 Å². The zero-order valence-electron chi connectivity index (χ0n) is 16.2. The van der Waals surface area contributed by atoms with Crippen LogP contribution in [0.25, 0.3) is 0 Å². The van der Waals surface area contributed by atoms with E-state index < -0.39 is 0 Å². The summed E-state index contributed by atoms with van der Waals surface area (Å²) < 4.78 is 16.2. The fourth-order valence-corrected chi connectivity index (χ4v) is 3.13. The highest BCUT2D eigenvalue weighted by molar-refractivity contribution is 5.79. The molecule has 150 valence electrons. The molecule has 1 saturated heterocycles. The van der Waals surface area contributed by atoms with Crippen LogP contribution in [-0.2, 0) is 9.59 Å². The predicted octanol–water partition coefficient (Wildman–Crippen LogP) is 2.79. The maximum Gasteiger partial charge on any atom is 0.314 e. The number of ether oxygens (including phenoxy) is 3. The monoisotopic (exact) mass is 394 g/mol. The van der Waals surface area contributed by atoms with Gasteiger partial charge < -0.3 is 19.1 Å². The first-order valence-electron chi connectivity index (χ1n) is 9.36. The van der Waals surface area contributed by atoms with E-state index in [0.29, 0.717) is 43.0 Å². The molecule has 3 rings (SSSR count). The molecule has 7 nitrogen and oxygen atoms in total. The van der Waals surface area contributed by atoms with Gasteiger partial charge in [-0.3, -0.25) is 9.59 Å². The van der Waals surface area contributed by atoms with Gasteiger partial charge in [0.1, 0.15) is 5.75 Å². The van der Waals surface area contributed by atoms with Crippen LogP contribution in [0.3, 0.4) is 0 Å². The molecule has 1 aliphatic heterocycles. The average Bonchev–Trinajstić information content (AvgIpc) is 2.78. The highest BCUT2D eigenvalue weighted by Gasteiger charge is 2.29. The van der Waals surface area contributed by atoms with Crippen molar-refractivity contribution in [2.24, 2.45) is 5.92 Å². The number of hydrogen-bond donors (Lipinski definition) is 0. The highest BCUT2D eigenvalue weighted by Crippen LogP contribution is 2.30. The second-order valence-corrected chi connectivity index (χ2v) is 6.66. The molecular weight excluding hydrogens is 372 g/mol. The zero-order valence-corrected chi connectivity index (χ0v) is 16.2. The van der Waals surface area contributed by atoms with E-state index in [1.54, 1.807) is 29.2 Å². The maximum absolute atomic E-state index is 12.5. The number of nitrogens with zero attached hydrogens (tertiary/aromatic N) is 2. The zero-order chi connectivity index (χ0) is 20.6. The van der Waals surface area contributed by atoms with Crippen LogP contribution in [0.1, 0.15) is 18.4 Å². The highest BCUT2D eigenvalue weighted by atomic mass is 16.6. The Morgan fingerprint density at radius 2 is 1.83 bits per heavy atom. The first-order valence-corrected chi connectivity index (χ1v) is 9.36. The molecule has 1 fully saturated rings. The Hall–Kier alpha value is -3.53. The number of methoxy groups -OCH3 is 1. The van der Waals surface area contributed by atoms with Crippen LogP contribution in [-0.4, -0.2) is 43.6 Å². The van der Waals surface area contributed by atoms with Crippen molar-refractivity contribution in [3.8, 4) is 23.3 Å². The third-order valence-electron chi connectivity index (χ3n) is 4.79. The second-order valence-electron chi connectivity index (χ2n) is 6.66. The second kappa shape index (κ2) is 9.60. The molecule has 7 heteroatoms. The van der Waals surface area contributed by atoms with Crippen molar-refractivity contribution in [1.29, 1.82) is 5.26 Å². The van der Waals surface area contributed by atoms with E-state index in [0.717, 1.165) is 0 Å². The lowest BCUT2D eigenvalue weighted by atomic mass is 9.97. The van der Waals surface area contributed by atoms with Gasteiger partial charge >= 0.3 is 5.97 Å². The Morgan fingerprint density at radius 3 is 2.48 bits per heavy atom. The Labute approximate surface area is 169 Å². The largest absolute Gasteiger partial charge is 0.493 e. The lowest BCUT2D eigenvalue weighted by molar-refractivity contribution is -0.144. The van der Waals surface area contributed by atoms with E-state index in [9.17, 15) is 9.59 Å². The smallest absolute Gasteiger partial charge is 0.314 e. The van der Waals surface area contributed by atoms with Gasteiger partial charge in [0, 0.05) is 19.2 Å². The number of likely N-dealkylation sites (tertiary alicyclic amines) is 1. The molecule has 2 aromatic carbocycles. The molecular formula is C22H22N2O5. The number of rotatable bonds is 6. The van der Waals surface area contributed by atoms with Gasteiger partial charge in [-0.1, -0.05) is 18.2 Å². The molecule has 0 atom stereocenters. The van der Waals surface area contributed by atoms with Gasteiger partial charge in [0.2, 0.25) is 0 Å². The average molecular weight is 394 g/mol. The minimum absolute atomic E-state index is 0.0262. The summed E-state index contributed by atoms with van der Waals surface area (Å²) in [6, 6.07) is 15.8. The Morgan fingerprint density at radius 1 is 1.10 bits per heavy atom. The van der Waals surface area contributed by atoms with Gasteiger partial charge in [0.25, 0.3) is 5.91 Å². The van der Waals surface area contributed by atoms with Gasteiger partial charge in [-0.05, 0) is 37.1 Å². The quantitative estimate of drug-likeness (QED) is 0.553. The fraction of sp³-hybridized carbons (Fsp3) is 0.318. The molecule has 0 saturated carbocycles. The van der Waals surface area contributed by atoms with Crippen LogP contribution in [0.5, 0.6) is 17.2 Å². The number of para-hydroxylation sites is 1. The number of piperidine rings is 1. The molecule has 1 amide bonds. The summed E-state index contributed by atoms with van der Waals surface area (Å²) in [6.45, 7) is 0.921. The van der Waals surface area contributed by atoms with E-state index in [2.05, 4.69) is 0 Å². The molecule has 0 bridgehead atoms. The minimum Gasteiger partial charge on any atom is -0.493 e. The molecule has 1 aliphatic rings. The van der Waals surface area contributed by atoms with Crippen molar-refractivity contribution in [2.45, 2.75) is 12.8 Å². The first-order chi connectivity index (χ1) is 14.1. The van der Waals surface area contributed by atoms with Crippen LogP contribution < -0.4 is 14.2 Å². The molecule has 1 heterocycles. The maximum atomic E-state index is 12.5. The van der Waals surface area contributed by atoms with Gasteiger partial charge in [0.15, 0.2) is 18.1 Å². The molecule has 29 heavy (non-hydrogen) atoms. The van der Waals surface area contributed by atoms with Crippen LogP contribution >= 0.6 is 0 Å². The summed E-state index contributed by atoms with van der Waals surface area (Å²) in [7, 11) is 1.45. The van der Waals surface area contributed by atoms with Gasteiger partial charge in [-0.15, -0.1) is 0 Å². The summed E-state index contributed by atoms with van der Waals surface area (Å²) in [6.07, 6.45) is 1.04. The molecule has 0 radical (unpaired) electrons. The fourth-order valence-electron chi connectivity index (χ4n) is 3.13. The summed E-state index contributed by atoms with van der Waals surface area (Å²) >= 11 is 0. The van der Waals surface area contributed by atoms with Crippen molar-refractivity contribution in [1.82, 2.24) is 4.90 Å². The van der Waals surface area contributed by atoms with Gasteiger partial charge in [-0.2, -0.15) is 5.26 Å². The third kappa shape index (κ3) is 5.26. The van der Waals surface area contributed by atoms with E-state index in [-0.39, 0.29) is 30.2 Å². The summed E-state index contributed by atoms with van der Waals surface area (Å²) in [5, 5.41) is 8.95. The number of benzene rings is 2. The summed E-state index contributed by atoms with van der Waals surface area (Å²) in [5.74, 6) is 0.509. The van der Waals surface area contributed by atoms with E-state index >= 15 is 0 Å². The van der Waals surface area contributed by atoms with Gasteiger partial charge in [-0.25, -0.2) is 0 Å². The standard InChI is InChI=1S/C22H22N2O5/c1-27-20-13-16(14-23)7-8-19(20)29-22(26)17-9-11-24(12-10-17)21(25)15-28-18-5-3-2-4-6-18/h2-8,13,17H,9-12,15H2,1H3. The third-order valence-corrected chi connectivity index (χ3v) is 4.79. The van der Waals surface area contributed by atoms with Crippen molar-refractivity contribution >= 4 is 11.9 Å². The van der Waals surface area contributed by atoms with E-state index in [1.807, 2.05) is 24.3 Å². The normalized spacial score (nSPS) is 14.0. The topological polar surface area (TPSA) is 88.9 Å². The van der Waals surface area contributed by atoms with E-state index in [4.69, 9.17) is 19.5 Å². The molecule has 0 aliphatic carbocycles. The number of esters is 1.